The Kier molecular flexibility index (Phi) is 8.18. The Morgan fingerprint density at radius 3 is 2.79 bits per heavy atom. The number of hydrogen-bond donors (Lipinski definition) is 6. The number of hydrogen-bond acceptors (Lipinski definition) is 7. The number of aliphatic hydroxyl groups excluding tert-OH is 2. The van der Waals surface area contributed by atoms with Crippen LogP contribution in [-0.4, -0.2) is 63.8 Å². The van der Waals surface area contributed by atoms with Crippen LogP contribution in [0.2, 0.25) is 0 Å². The lowest BCUT2D eigenvalue weighted by molar-refractivity contribution is -0.0750. The summed E-state index contributed by atoms with van der Waals surface area (Å²) in [4.78, 5) is 25.9. The van der Waals surface area contributed by atoms with E-state index < -0.39 is 42.4 Å². The SMILES string of the molecule is Cc1cn([C@@H]2O[C@H](CO)[C@@H](O)[C@H]2OCCCCCCNC(=N)N)c(=O)[nH]c1=O. The van der Waals surface area contributed by atoms with E-state index >= 15 is 0 Å². The lowest BCUT2D eigenvalue weighted by atomic mass is 10.1. The Hall–Kier alpha value is -2.21. The molecule has 158 valence electrons. The fraction of sp³-hybridized carbons (Fsp3) is 0.706. The normalized spacial score (nSPS) is 24.4. The number of nitrogens with one attached hydrogen (secondary N) is 3. The summed E-state index contributed by atoms with van der Waals surface area (Å²) < 4.78 is 12.6. The van der Waals surface area contributed by atoms with E-state index in [9.17, 15) is 19.8 Å². The highest BCUT2D eigenvalue weighted by molar-refractivity contribution is 5.74. The molecule has 1 aliphatic rings. The number of nitrogens with two attached hydrogens (primary N) is 1. The first-order chi connectivity index (χ1) is 13.3. The Morgan fingerprint density at radius 2 is 2.11 bits per heavy atom. The average Bonchev–Trinajstić information content (AvgIpc) is 2.96. The lowest BCUT2D eigenvalue weighted by Crippen LogP contribution is -2.40. The summed E-state index contributed by atoms with van der Waals surface area (Å²) >= 11 is 0. The highest BCUT2D eigenvalue weighted by Gasteiger charge is 2.45. The van der Waals surface area contributed by atoms with Crippen LogP contribution in [0.4, 0.5) is 0 Å². The fourth-order valence-corrected chi connectivity index (χ4v) is 3.07. The molecule has 1 aliphatic heterocycles. The largest absolute Gasteiger partial charge is 0.394 e. The first-order valence-electron chi connectivity index (χ1n) is 9.31. The van der Waals surface area contributed by atoms with Gasteiger partial charge in [-0.2, -0.15) is 0 Å². The zero-order valence-electron chi connectivity index (χ0n) is 15.9. The monoisotopic (exact) mass is 399 g/mol. The number of H-pyrrole nitrogens is 1. The van der Waals surface area contributed by atoms with Gasteiger partial charge in [0.1, 0.15) is 18.3 Å². The Bertz CT molecular complexity index is 763. The van der Waals surface area contributed by atoms with Crippen LogP contribution in [0, 0.1) is 12.3 Å². The number of aryl methyl sites for hydroxylation is 1. The van der Waals surface area contributed by atoms with Gasteiger partial charge in [-0.3, -0.25) is 19.8 Å². The van der Waals surface area contributed by atoms with Crippen LogP contribution in [0.15, 0.2) is 15.8 Å². The number of aromatic amines is 1. The van der Waals surface area contributed by atoms with Crippen molar-refractivity contribution in [1.82, 2.24) is 14.9 Å². The van der Waals surface area contributed by atoms with Gasteiger partial charge in [0, 0.05) is 24.9 Å². The van der Waals surface area contributed by atoms with Crippen LogP contribution in [0.3, 0.4) is 0 Å². The third-order valence-corrected chi connectivity index (χ3v) is 4.61. The van der Waals surface area contributed by atoms with Crippen molar-refractivity contribution in [3.8, 4) is 0 Å². The van der Waals surface area contributed by atoms with Crippen LogP contribution in [0.1, 0.15) is 37.5 Å². The van der Waals surface area contributed by atoms with Gasteiger partial charge >= 0.3 is 5.69 Å². The number of aromatic nitrogens is 2. The molecule has 0 spiro atoms. The standard InChI is InChI=1S/C17H29N5O6/c1-10-8-22(17(26)21-14(10)25)15-13(12(24)11(9-23)28-15)27-7-5-3-2-4-6-20-16(18)19/h8,11-13,15,23-24H,2-7,9H2,1H3,(H4,18,19,20)(H,21,25,26)/t11-,12-,13-,15-/m1/s1. The van der Waals surface area contributed by atoms with Crippen LogP contribution in [-0.2, 0) is 9.47 Å². The highest BCUT2D eigenvalue weighted by atomic mass is 16.6. The summed E-state index contributed by atoms with van der Waals surface area (Å²) in [6.45, 7) is 2.12. The number of rotatable bonds is 10. The van der Waals surface area contributed by atoms with Crippen molar-refractivity contribution in [2.75, 3.05) is 19.8 Å². The van der Waals surface area contributed by atoms with Gasteiger partial charge in [0.15, 0.2) is 12.2 Å². The maximum Gasteiger partial charge on any atom is 0.330 e. The van der Waals surface area contributed by atoms with Crippen molar-refractivity contribution in [2.45, 2.75) is 57.1 Å². The summed E-state index contributed by atoms with van der Waals surface area (Å²) in [5.41, 5.74) is 4.37. The van der Waals surface area contributed by atoms with E-state index in [1.807, 2.05) is 0 Å². The van der Waals surface area contributed by atoms with Crippen LogP contribution in [0.5, 0.6) is 0 Å². The van der Waals surface area contributed by atoms with E-state index in [-0.39, 0.29) is 5.96 Å². The molecule has 0 amide bonds. The molecule has 0 radical (unpaired) electrons. The lowest BCUT2D eigenvalue weighted by Gasteiger charge is -2.22. The molecule has 1 fully saturated rings. The second-order valence-electron chi connectivity index (χ2n) is 6.81. The predicted octanol–water partition coefficient (Wildman–Crippen LogP) is -1.48. The van der Waals surface area contributed by atoms with Crippen molar-refractivity contribution in [1.29, 1.82) is 5.41 Å². The molecule has 1 aromatic rings. The second kappa shape index (κ2) is 10.4. The summed E-state index contributed by atoms with van der Waals surface area (Å²) in [6.07, 6.45) is 0.991. The van der Waals surface area contributed by atoms with E-state index in [2.05, 4.69) is 10.3 Å². The van der Waals surface area contributed by atoms with Crippen LogP contribution >= 0.6 is 0 Å². The van der Waals surface area contributed by atoms with Crippen molar-refractivity contribution in [2.24, 2.45) is 5.73 Å². The molecular formula is C17H29N5O6. The van der Waals surface area contributed by atoms with E-state index in [1.165, 1.54) is 10.8 Å². The summed E-state index contributed by atoms with van der Waals surface area (Å²) in [5, 5.41) is 29.6. The number of ether oxygens (including phenoxy) is 2. The van der Waals surface area contributed by atoms with Gasteiger partial charge in [-0.25, -0.2) is 4.79 Å². The number of unbranched alkanes of at least 4 members (excludes halogenated alkanes) is 3. The summed E-state index contributed by atoms with van der Waals surface area (Å²) in [6, 6.07) is 0. The zero-order chi connectivity index (χ0) is 20.7. The maximum atomic E-state index is 12.1. The van der Waals surface area contributed by atoms with E-state index in [1.54, 1.807) is 6.92 Å². The molecule has 28 heavy (non-hydrogen) atoms. The number of aliphatic hydroxyl groups is 2. The molecule has 7 N–H and O–H groups in total. The Morgan fingerprint density at radius 1 is 1.39 bits per heavy atom. The minimum Gasteiger partial charge on any atom is -0.394 e. The molecule has 0 unspecified atom stereocenters. The topological polar surface area (TPSA) is 176 Å². The molecule has 2 heterocycles. The first kappa shape index (κ1) is 22.1. The fourth-order valence-electron chi connectivity index (χ4n) is 3.07. The zero-order valence-corrected chi connectivity index (χ0v) is 15.9. The maximum absolute atomic E-state index is 12.1. The van der Waals surface area contributed by atoms with E-state index in [4.69, 9.17) is 20.6 Å². The highest BCUT2D eigenvalue weighted by Crippen LogP contribution is 2.31. The average molecular weight is 399 g/mol. The van der Waals surface area contributed by atoms with Crippen molar-refractivity contribution >= 4 is 5.96 Å². The minimum atomic E-state index is -1.10. The quantitative estimate of drug-likeness (QED) is 0.157. The van der Waals surface area contributed by atoms with E-state index in [0.717, 1.165) is 25.7 Å². The molecule has 1 aromatic heterocycles. The summed E-state index contributed by atoms with van der Waals surface area (Å²) in [5.74, 6) is -0.0456. The van der Waals surface area contributed by atoms with Gasteiger partial charge in [0.2, 0.25) is 0 Å². The second-order valence-corrected chi connectivity index (χ2v) is 6.81. The molecular weight excluding hydrogens is 370 g/mol. The van der Waals surface area contributed by atoms with Crippen molar-refractivity contribution < 1.29 is 19.7 Å². The predicted molar refractivity (Wildman–Crippen MR) is 101 cm³/mol. The van der Waals surface area contributed by atoms with Gasteiger partial charge in [0.25, 0.3) is 5.56 Å². The molecule has 4 atom stereocenters. The van der Waals surface area contributed by atoms with Gasteiger partial charge in [0.05, 0.1) is 6.61 Å². The summed E-state index contributed by atoms with van der Waals surface area (Å²) in [7, 11) is 0. The van der Waals surface area contributed by atoms with Crippen LogP contribution in [0.25, 0.3) is 0 Å². The van der Waals surface area contributed by atoms with Crippen molar-refractivity contribution in [3.63, 3.8) is 0 Å². The molecule has 0 bridgehead atoms. The van der Waals surface area contributed by atoms with Gasteiger partial charge in [-0.15, -0.1) is 0 Å². The molecule has 1 saturated heterocycles. The van der Waals surface area contributed by atoms with Gasteiger partial charge in [-0.05, 0) is 19.8 Å². The van der Waals surface area contributed by atoms with E-state index in [0.29, 0.717) is 18.7 Å². The molecule has 11 nitrogen and oxygen atoms in total. The molecule has 2 rings (SSSR count). The van der Waals surface area contributed by atoms with Crippen molar-refractivity contribution in [3.05, 3.63) is 32.6 Å². The first-order valence-corrected chi connectivity index (χ1v) is 9.31. The van der Waals surface area contributed by atoms with Gasteiger partial charge in [-0.1, -0.05) is 12.8 Å². The van der Waals surface area contributed by atoms with Gasteiger partial charge < -0.3 is 30.7 Å². The molecule has 11 heteroatoms. The Balaban J connectivity index is 1.93. The minimum absolute atomic E-state index is 0.0456. The molecule has 0 aliphatic carbocycles. The van der Waals surface area contributed by atoms with Crippen LogP contribution < -0.4 is 22.3 Å². The molecule has 0 aromatic carbocycles. The molecule has 0 saturated carbocycles. The number of nitrogens with zero attached hydrogens (tertiary/aromatic N) is 1. The third kappa shape index (κ3) is 5.64. The number of guanidine groups is 1. The Labute approximate surface area is 162 Å². The smallest absolute Gasteiger partial charge is 0.330 e. The third-order valence-electron chi connectivity index (χ3n) is 4.61.